The van der Waals surface area contributed by atoms with Crippen molar-refractivity contribution in [3.8, 4) is 0 Å². The first-order valence-corrected chi connectivity index (χ1v) is 5.36. The van der Waals surface area contributed by atoms with E-state index in [-0.39, 0.29) is 17.6 Å². The monoisotopic (exact) mass is 216 g/mol. The molecule has 1 amide bonds. The Hall–Kier alpha value is -0.610. The third-order valence-electron chi connectivity index (χ3n) is 2.43. The van der Waals surface area contributed by atoms with Gasteiger partial charge in [-0.1, -0.05) is 0 Å². The molecule has 0 fully saturated rings. The molecule has 0 radical (unpaired) electrons. The number of hydrogen-bond donors (Lipinski definition) is 2. The minimum atomic E-state index is -0.270. The van der Waals surface area contributed by atoms with Crippen LogP contribution in [0.3, 0.4) is 0 Å². The number of methoxy groups -OCH3 is 1. The van der Waals surface area contributed by atoms with E-state index in [1.807, 2.05) is 20.8 Å². The fourth-order valence-corrected chi connectivity index (χ4v) is 1.73. The quantitative estimate of drug-likeness (QED) is 0.668. The van der Waals surface area contributed by atoms with Crippen LogP contribution in [0.5, 0.6) is 0 Å². The number of ether oxygens (including phenoxy) is 1. The normalized spacial score (nSPS) is 16.1. The van der Waals surface area contributed by atoms with Crippen LogP contribution in [-0.2, 0) is 9.53 Å². The van der Waals surface area contributed by atoms with Crippen molar-refractivity contribution in [2.45, 2.75) is 58.2 Å². The van der Waals surface area contributed by atoms with Gasteiger partial charge in [-0.05, 0) is 34.1 Å². The maximum absolute atomic E-state index is 10.7. The Bertz CT molecular complexity index is 205. The summed E-state index contributed by atoms with van der Waals surface area (Å²) in [6, 6.07) is 0.416. The molecule has 0 spiro atoms. The summed E-state index contributed by atoms with van der Waals surface area (Å²) in [7, 11) is 1.71. The van der Waals surface area contributed by atoms with Crippen molar-refractivity contribution in [2.75, 3.05) is 7.11 Å². The van der Waals surface area contributed by atoms with Crippen molar-refractivity contribution in [3.63, 3.8) is 0 Å². The number of primary amides is 1. The van der Waals surface area contributed by atoms with Gasteiger partial charge in [-0.15, -0.1) is 0 Å². The summed E-state index contributed by atoms with van der Waals surface area (Å²) < 4.78 is 5.34. The predicted molar refractivity (Wildman–Crippen MR) is 61.6 cm³/mol. The number of nitrogens with two attached hydrogens (primary N) is 1. The zero-order valence-electron chi connectivity index (χ0n) is 10.5. The van der Waals surface area contributed by atoms with Crippen LogP contribution in [0.4, 0.5) is 0 Å². The number of carbonyl (C=O) groups is 1. The molecule has 4 nitrogen and oxygen atoms in total. The molecule has 0 saturated heterocycles. The third kappa shape index (κ3) is 7.33. The number of rotatable bonds is 7. The van der Waals surface area contributed by atoms with Gasteiger partial charge < -0.3 is 15.8 Å². The molecule has 0 saturated carbocycles. The summed E-state index contributed by atoms with van der Waals surface area (Å²) in [5, 5.41) is 3.32. The second-order valence-corrected chi connectivity index (χ2v) is 4.81. The van der Waals surface area contributed by atoms with E-state index in [0.717, 1.165) is 6.42 Å². The highest BCUT2D eigenvalue weighted by Gasteiger charge is 2.21. The second-order valence-electron chi connectivity index (χ2n) is 4.81. The second kappa shape index (κ2) is 6.08. The van der Waals surface area contributed by atoms with Gasteiger partial charge in [0, 0.05) is 25.6 Å². The van der Waals surface area contributed by atoms with E-state index in [1.54, 1.807) is 7.11 Å². The first kappa shape index (κ1) is 14.4. The van der Waals surface area contributed by atoms with Crippen molar-refractivity contribution < 1.29 is 9.53 Å². The van der Waals surface area contributed by atoms with Crippen LogP contribution in [0.1, 0.15) is 40.5 Å². The lowest BCUT2D eigenvalue weighted by Gasteiger charge is -2.28. The SMILES string of the molecule is COC(C)(C)CC(C)NC(C)CC(N)=O. The Kier molecular flexibility index (Phi) is 5.83. The smallest absolute Gasteiger partial charge is 0.218 e. The Balaban J connectivity index is 3.92. The zero-order valence-corrected chi connectivity index (χ0v) is 10.5. The fraction of sp³-hybridized carbons (Fsp3) is 0.909. The Morgan fingerprint density at radius 1 is 1.40 bits per heavy atom. The molecule has 0 aromatic heterocycles. The minimum Gasteiger partial charge on any atom is -0.379 e. The molecule has 15 heavy (non-hydrogen) atoms. The Labute approximate surface area is 92.6 Å². The van der Waals surface area contributed by atoms with Crippen molar-refractivity contribution in [2.24, 2.45) is 5.73 Å². The largest absolute Gasteiger partial charge is 0.379 e. The Morgan fingerprint density at radius 2 is 1.93 bits per heavy atom. The highest BCUT2D eigenvalue weighted by Crippen LogP contribution is 2.15. The van der Waals surface area contributed by atoms with E-state index >= 15 is 0 Å². The average Bonchev–Trinajstić information content (AvgIpc) is 2.00. The first-order valence-electron chi connectivity index (χ1n) is 5.36. The van der Waals surface area contributed by atoms with Gasteiger partial charge in [0.25, 0.3) is 0 Å². The fourth-order valence-electron chi connectivity index (χ4n) is 1.73. The number of amides is 1. The lowest BCUT2D eigenvalue weighted by Crippen LogP contribution is -2.41. The molecule has 0 heterocycles. The molecule has 4 heteroatoms. The molecular formula is C11H24N2O2. The lowest BCUT2D eigenvalue weighted by atomic mass is 9.99. The van der Waals surface area contributed by atoms with Crippen LogP contribution in [0, 0.1) is 0 Å². The van der Waals surface area contributed by atoms with Crippen molar-refractivity contribution in [3.05, 3.63) is 0 Å². The van der Waals surface area contributed by atoms with E-state index in [4.69, 9.17) is 10.5 Å². The van der Waals surface area contributed by atoms with Crippen molar-refractivity contribution in [1.29, 1.82) is 0 Å². The number of nitrogens with one attached hydrogen (secondary N) is 1. The van der Waals surface area contributed by atoms with Gasteiger partial charge in [-0.2, -0.15) is 0 Å². The average molecular weight is 216 g/mol. The van der Waals surface area contributed by atoms with E-state index in [0.29, 0.717) is 12.5 Å². The first-order chi connectivity index (χ1) is 6.76. The molecular weight excluding hydrogens is 192 g/mol. The molecule has 0 rings (SSSR count). The summed E-state index contributed by atoms with van der Waals surface area (Å²) in [6.07, 6.45) is 1.27. The summed E-state index contributed by atoms with van der Waals surface area (Å²) >= 11 is 0. The van der Waals surface area contributed by atoms with Crippen LogP contribution in [-0.4, -0.2) is 30.7 Å². The molecule has 0 aliphatic carbocycles. The van der Waals surface area contributed by atoms with E-state index in [2.05, 4.69) is 12.2 Å². The summed E-state index contributed by atoms with van der Waals surface area (Å²) in [4.78, 5) is 10.7. The van der Waals surface area contributed by atoms with E-state index < -0.39 is 0 Å². The van der Waals surface area contributed by atoms with Crippen molar-refractivity contribution >= 4 is 5.91 Å². The maximum Gasteiger partial charge on any atom is 0.218 e. The van der Waals surface area contributed by atoms with Crippen LogP contribution in [0.2, 0.25) is 0 Å². The van der Waals surface area contributed by atoms with Gasteiger partial charge in [0.05, 0.1) is 5.60 Å². The zero-order chi connectivity index (χ0) is 12.1. The summed E-state index contributed by atoms with van der Waals surface area (Å²) in [5.74, 6) is -0.270. The van der Waals surface area contributed by atoms with Crippen LogP contribution >= 0.6 is 0 Å². The molecule has 2 unspecified atom stereocenters. The lowest BCUT2D eigenvalue weighted by molar-refractivity contribution is -0.118. The van der Waals surface area contributed by atoms with E-state index in [1.165, 1.54) is 0 Å². The molecule has 3 N–H and O–H groups in total. The van der Waals surface area contributed by atoms with Gasteiger partial charge in [-0.3, -0.25) is 4.79 Å². The minimum absolute atomic E-state index is 0.116. The standard InChI is InChI=1S/C11H24N2O2/c1-8(6-10(12)14)13-9(2)7-11(3,4)15-5/h8-9,13H,6-7H2,1-5H3,(H2,12,14). The molecule has 90 valence electrons. The van der Waals surface area contributed by atoms with Gasteiger partial charge >= 0.3 is 0 Å². The topological polar surface area (TPSA) is 64.3 Å². The van der Waals surface area contributed by atoms with Crippen molar-refractivity contribution in [1.82, 2.24) is 5.32 Å². The highest BCUT2D eigenvalue weighted by molar-refractivity contribution is 5.74. The summed E-state index contributed by atoms with van der Waals surface area (Å²) in [6.45, 7) is 8.13. The number of carbonyl (C=O) groups excluding carboxylic acids is 1. The van der Waals surface area contributed by atoms with Gasteiger partial charge in [0.15, 0.2) is 0 Å². The van der Waals surface area contributed by atoms with Gasteiger partial charge in [0.2, 0.25) is 5.91 Å². The third-order valence-corrected chi connectivity index (χ3v) is 2.43. The van der Waals surface area contributed by atoms with Crippen LogP contribution in [0.15, 0.2) is 0 Å². The van der Waals surface area contributed by atoms with Crippen LogP contribution < -0.4 is 11.1 Å². The van der Waals surface area contributed by atoms with E-state index in [9.17, 15) is 4.79 Å². The van der Waals surface area contributed by atoms with Gasteiger partial charge in [0.1, 0.15) is 0 Å². The summed E-state index contributed by atoms with van der Waals surface area (Å²) in [5.41, 5.74) is 4.98. The molecule has 0 aliphatic heterocycles. The maximum atomic E-state index is 10.7. The molecule has 0 aliphatic rings. The molecule has 2 atom stereocenters. The predicted octanol–water partition coefficient (Wildman–Crippen LogP) is 1.04. The van der Waals surface area contributed by atoms with Crippen LogP contribution in [0.25, 0.3) is 0 Å². The molecule has 0 aromatic carbocycles. The Morgan fingerprint density at radius 3 is 2.33 bits per heavy atom. The number of hydrogen-bond acceptors (Lipinski definition) is 3. The molecule has 0 bridgehead atoms. The van der Waals surface area contributed by atoms with Gasteiger partial charge in [-0.25, -0.2) is 0 Å². The highest BCUT2D eigenvalue weighted by atomic mass is 16.5. The molecule has 0 aromatic rings.